The monoisotopic (exact) mass is 267 g/mol. The van der Waals surface area contributed by atoms with Gasteiger partial charge in [0.2, 0.25) is 17.4 Å². The molecule has 0 fully saturated rings. The van der Waals surface area contributed by atoms with Crippen LogP contribution in [-0.2, 0) is 4.79 Å². The number of hydrogen-bond donors (Lipinski definition) is 2. The predicted octanol–water partition coefficient (Wildman–Crippen LogP) is 2.81. The van der Waals surface area contributed by atoms with Crippen molar-refractivity contribution in [2.45, 2.75) is 6.92 Å². The maximum Gasteiger partial charge on any atom is 0.308 e. The molecule has 2 rings (SSSR count). The van der Waals surface area contributed by atoms with Crippen molar-refractivity contribution < 1.29 is 19.1 Å². The summed E-state index contributed by atoms with van der Waals surface area (Å²) < 4.78 is 9.95. The number of nitrogen functional groups attached to an aromatic ring is 1. The summed E-state index contributed by atoms with van der Waals surface area (Å²) in [6.07, 6.45) is 0. The number of nitrogens with two attached hydrogens (primary N) is 1. The van der Waals surface area contributed by atoms with Gasteiger partial charge in [-0.05, 0) is 24.3 Å². The average molecular weight is 268 g/mol. The molecule has 0 spiro atoms. The smallest absolute Gasteiger partial charge is 0.308 e. The molecule has 1 aromatic carbocycles. The molecule has 0 unspecified atom stereocenters. The Morgan fingerprint density at radius 1 is 1.39 bits per heavy atom. The number of aromatic hydroxyl groups is 1. The number of ether oxygens (including phenoxy) is 1. The van der Waals surface area contributed by atoms with Gasteiger partial charge in [-0.2, -0.15) is 0 Å². The molecule has 0 amide bonds. The number of rotatable bonds is 2. The van der Waals surface area contributed by atoms with E-state index >= 15 is 0 Å². The molecule has 18 heavy (non-hydrogen) atoms. The van der Waals surface area contributed by atoms with E-state index in [9.17, 15) is 9.90 Å². The summed E-state index contributed by atoms with van der Waals surface area (Å²) in [5.41, 5.74) is 6.10. The third kappa shape index (κ3) is 2.26. The van der Waals surface area contributed by atoms with Gasteiger partial charge >= 0.3 is 5.97 Å². The Bertz CT molecular complexity index is 589. The zero-order valence-corrected chi connectivity index (χ0v) is 10.2. The van der Waals surface area contributed by atoms with Gasteiger partial charge in [-0.3, -0.25) is 4.79 Å². The molecule has 6 heteroatoms. The van der Waals surface area contributed by atoms with Gasteiger partial charge in [0.15, 0.2) is 5.76 Å². The fourth-order valence-corrected chi connectivity index (χ4v) is 1.59. The van der Waals surface area contributed by atoms with E-state index in [2.05, 4.69) is 0 Å². The van der Waals surface area contributed by atoms with Crippen molar-refractivity contribution in [2.75, 3.05) is 5.73 Å². The van der Waals surface area contributed by atoms with Crippen LogP contribution in [0.4, 0.5) is 5.88 Å². The van der Waals surface area contributed by atoms with Crippen molar-refractivity contribution in [3.8, 4) is 22.8 Å². The highest BCUT2D eigenvalue weighted by atomic mass is 35.5. The summed E-state index contributed by atoms with van der Waals surface area (Å²) in [5.74, 6) is -1.12. The number of carbonyl (C=O) groups is 1. The minimum Gasteiger partial charge on any atom is -0.502 e. The maximum atomic E-state index is 10.9. The Balaban J connectivity index is 2.46. The molecule has 3 N–H and O–H groups in total. The SMILES string of the molecule is CC(=O)Oc1c(N)oc(-c2ccc(Cl)cc2)c1O. The summed E-state index contributed by atoms with van der Waals surface area (Å²) in [5, 5.41) is 10.5. The second-order valence-electron chi connectivity index (χ2n) is 3.57. The Hall–Kier alpha value is -2.14. The van der Waals surface area contributed by atoms with E-state index in [0.717, 1.165) is 0 Å². The molecule has 0 aliphatic heterocycles. The van der Waals surface area contributed by atoms with Gasteiger partial charge in [-0.1, -0.05) is 11.6 Å². The van der Waals surface area contributed by atoms with Crippen molar-refractivity contribution in [1.82, 2.24) is 0 Å². The highest BCUT2D eigenvalue weighted by Crippen LogP contribution is 2.44. The molecule has 94 valence electrons. The number of hydrogen-bond acceptors (Lipinski definition) is 5. The molecule has 2 aromatic rings. The molecule has 0 saturated carbocycles. The molecular formula is C12H10ClNO4. The number of benzene rings is 1. The Kier molecular flexibility index (Phi) is 3.16. The summed E-state index contributed by atoms with van der Waals surface area (Å²) in [7, 11) is 0. The largest absolute Gasteiger partial charge is 0.502 e. The Labute approximate surface area is 108 Å². The topological polar surface area (TPSA) is 85.7 Å². The second kappa shape index (κ2) is 4.62. The minimum atomic E-state index is -0.597. The van der Waals surface area contributed by atoms with E-state index in [-0.39, 0.29) is 23.1 Å². The first kappa shape index (κ1) is 12.3. The second-order valence-corrected chi connectivity index (χ2v) is 4.01. The first-order chi connectivity index (χ1) is 8.49. The van der Waals surface area contributed by atoms with Crippen LogP contribution in [0.3, 0.4) is 0 Å². The molecule has 0 aliphatic rings. The van der Waals surface area contributed by atoms with Crippen LogP contribution >= 0.6 is 11.6 Å². The van der Waals surface area contributed by atoms with E-state index in [0.29, 0.717) is 10.6 Å². The van der Waals surface area contributed by atoms with Crippen LogP contribution in [0.25, 0.3) is 11.3 Å². The fraction of sp³-hybridized carbons (Fsp3) is 0.0833. The van der Waals surface area contributed by atoms with Crippen LogP contribution in [0, 0.1) is 0 Å². The van der Waals surface area contributed by atoms with Gasteiger partial charge < -0.3 is 20.0 Å². The summed E-state index contributed by atoms with van der Waals surface area (Å²) in [6.45, 7) is 1.20. The maximum absolute atomic E-state index is 10.9. The standard InChI is InChI=1S/C12H10ClNO4/c1-6(15)17-11-9(16)10(18-12(11)14)7-2-4-8(13)5-3-7/h2-5,16H,14H2,1H3. The van der Waals surface area contributed by atoms with Crippen molar-refractivity contribution in [1.29, 1.82) is 0 Å². The zero-order chi connectivity index (χ0) is 13.3. The molecule has 0 saturated heterocycles. The number of anilines is 1. The van der Waals surface area contributed by atoms with Crippen LogP contribution in [0.2, 0.25) is 5.02 Å². The van der Waals surface area contributed by atoms with Gasteiger partial charge in [0, 0.05) is 17.5 Å². The highest BCUT2D eigenvalue weighted by molar-refractivity contribution is 6.30. The normalized spacial score (nSPS) is 10.3. The van der Waals surface area contributed by atoms with Crippen molar-refractivity contribution in [3.63, 3.8) is 0 Å². The number of carbonyl (C=O) groups excluding carboxylic acids is 1. The molecule has 1 heterocycles. The van der Waals surface area contributed by atoms with E-state index in [1.54, 1.807) is 24.3 Å². The summed E-state index contributed by atoms with van der Waals surface area (Å²) >= 11 is 5.76. The summed E-state index contributed by atoms with van der Waals surface area (Å²) in [4.78, 5) is 10.9. The Morgan fingerprint density at radius 2 is 2.00 bits per heavy atom. The fourth-order valence-electron chi connectivity index (χ4n) is 1.46. The Morgan fingerprint density at radius 3 is 2.56 bits per heavy atom. The predicted molar refractivity (Wildman–Crippen MR) is 66.5 cm³/mol. The highest BCUT2D eigenvalue weighted by Gasteiger charge is 2.22. The van der Waals surface area contributed by atoms with Crippen LogP contribution in [0.5, 0.6) is 11.5 Å². The van der Waals surface area contributed by atoms with Gasteiger partial charge in [0.05, 0.1) is 0 Å². The molecule has 0 bridgehead atoms. The number of esters is 1. The van der Waals surface area contributed by atoms with Crippen molar-refractivity contribution in [3.05, 3.63) is 29.3 Å². The lowest BCUT2D eigenvalue weighted by Crippen LogP contribution is -2.02. The molecule has 0 atom stereocenters. The minimum absolute atomic E-state index is 0.125. The molecular weight excluding hydrogens is 258 g/mol. The quantitative estimate of drug-likeness (QED) is 0.817. The van der Waals surface area contributed by atoms with E-state index < -0.39 is 5.97 Å². The molecule has 0 aliphatic carbocycles. The molecule has 0 radical (unpaired) electrons. The zero-order valence-electron chi connectivity index (χ0n) is 9.44. The van der Waals surface area contributed by atoms with E-state index in [1.807, 2.05) is 0 Å². The van der Waals surface area contributed by atoms with Gasteiger partial charge in [-0.25, -0.2) is 0 Å². The van der Waals surface area contributed by atoms with Crippen LogP contribution in [0.1, 0.15) is 6.92 Å². The first-order valence-electron chi connectivity index (χ1n) is 5.04. The van der Waals surface area contributed by atoms with Crippen LogP contribution in [0.15, 0.2) is 28.7 Å². The number of furan rings is 1. The lowest BCUT2D eigenvalue weighted by molar-refractivity contribution is -0.131. The van der Waals surface area contributed by atoms with Crippen molar-refractivity contribution >= 4 is 23.5 Å². The lowest BCUT2D eigenvalue weighted by atomic mass is 10.1. The third-order valence-electron chi connectivity index (χ3n) is 2.22. The van der Waals surface area contributed by atoms with Crippen LogP contribution < -0.4 is 10.5 Å². The third-order valence-corrected chi connectivity index (χ3v) is 2.47. The first-order valence-corrected chi connectivity index (χ1v) is 5.42. The van der Waals surface area contributed by atoms with E-state index in [4.69, 9.17) is 26.5 Å². The van der Waals surface area contributed by atoms with Crippen molar-refractivity contribution in [2.24, 2.45) is 0 Å². The number of halogens is 1. The van der Waals surface area contributed by atoms with E-state index in [1.165, 1.54) is 6.92 Å². The molecule has 1 aromatic heterocycles. The van der Waals surface area contributed by atoms with Gasteiger partial charge in [0.25, 0.3) is 0 Å². The van der Waals surface area contributed by atoms with Crippen LogP contribution in [-0.4, -0.2) is 11.1 Å². The van der Waals surface area contributed by atoms with Gasteiger partial charge in [-0.15, -0.1) is 0 Å². The molecule has 5 nitrogen and oxygen atoms in total. The average Bonchev–Trinajstić information content (AvgIpc) is 2.58. The van der Waals surface area contributed by atoms with Gasteiger partial charge in [0.1, 0.15) is 0 Å². The summed E-state index contributed by atoms with van der Waals surface area (Å²) in [6, 6.07) is 6.58. The lowest BCUT2D eigenvalue weighted by Gasteiger charge is -1.99.